The number of halogens is 1. The molecule has 1 aromatic heterocycles. The molecule has 0 bridgehead atoms. The lowest BCUT2D eigenvalue weighted by Gasteiger charge is -2.32. The van der Waals surface area contributed by atoms with E-state index in [9.17, 15) is 9.59 Å². The van der Waals surface area contributed by atoms with Crippen LogP contribution in [0.5, 0.6) is 0 Å². The molecule has 0 spiro atoms. The van der Waals surface area contributed by atoms with Crippen molar-refractivity contribution in [1.29, 1.82) is 0 Å². The van der Waals surface area contributed by atoms with E-state index in [0.717, 1.165) is 25.9 Å². The van der Waals surface area contributed by atoms with Gasteiger partial charge in [0.1, 0.15) is 23.0 Å². The highest BCUT2D eigenvalue weighted by molar-refractivity contribution is 6.35. The summed E-state index contributed by atoms with van der Waals surface area (Å²) >= 11 is 6.23. The first-order chi connectivity index (χ1) is 13.6. The van der Waals surface area contributed by atoms with Crippen LogP contribution < -0.4 is 16.4 Å². The van der Waals surface area contributed by atoms with Crippen molar-refractivity contribution in [2.75, 3.05) is 18.8 Å². The first-order valence-corrected chi connectivity index (χ1v) is 10.2. The Morgan fingerprint density at radius 1 is 1.31 bits per heavy atom. The molecule has 1 amide bonds. The Hall–Kier alpha value is -2.25. The van der Waals surface area contributed by atoms with Gasteiger partial charge in [-0.25, -0.2) is 4.79 Å². The second kappa shape index (κ2) is 8.24. The van der Waals surface area contributed by atoms with Crippen molar-refractivity contribution in [3.63, 3.8) is 0 Å². The van der Waals surface area contributed by atoms with Crippen LogP contribution in [-0.4, -0.2) is 36.6 Å². The topological polar surface area (TPSA) is 107 Å². The van der Waals surface area contributed by atoms with E-state index in [0.29, 0.717) is 22.4 Å². The second-order valence-corrected chi connectivity index (χ2v) is 8.90. The summed E-state index contributed by atoms with van der Waals surface area (Å²) in [7, 11) is 0. The molecule has 3 rings (SSSR count). The van der Waals surface area contributed by atoms with Crippen molar-refractivity contribution < 1.29 is 18.7 Å². The summed E-state index contributed by atoms with van der Waals surface area (Å²) in [6, 6.07) is 2.46. The van der Waals surface area contributed by atoms with E-state index in [4.69, 9.17) is 26.5 Å². The average Bonchev–Trinajstić information content (AvgIpc) is 3.03. The Morgan fingerprint density at radius 2 is 1.97 bits per heavy atom. The number of nitrogen functional groups attached to an aromatic ring is 1. The van der Waals surface area contributed by atoms with Crippen LogP contribution in [0.15, 0.2) is 16.5 Å². The Bertz CT molecular complexity index is 926. The third-order valence-electron chi connectivity index (χ3n) is 4.97. The summed E-state index contributed by atoms with van der Waals surface area (Å²) in [5.41, 5.74) is 6.34. The Kier molecular flexibility index (Phi) is 6.10. The predicted molar refractivity (Wildman–Crippen MR) is 113 cm³/mol. The summed E-state index contributed by atoms with van der Waals surface area (Å²) < 4.78 is 11.3. The zero-order valence-corrected chi connectivity index (χ0v) is 18.0. The van der Waals surface area contributed by atoms with Crippen molar-refractivity contribution >= 4 is 40.1 Å². The molecule has 1 fully saturated rings. The summed E-state index contributed by atoms with van der Waals surface area (Å²) in [6.45, 7) is 8.77. The van der Waals surface area contributed by atoms with Crippen LogP contribution in [0.3, 0.4) is 0 Å². The fourth-order valence-corrected chi connectivity index (χ4v) is 3.82. The molecule has 2 aromatic rings. The maximum absolute atomic E-state index is 13.2. The number of ether oxygens (including phenoxy) is 1. The monoisotopic (exact) mass is 421 g/mol. The van der Waals surface area contributed by atoms with E-state index < -0.39 is 23.5 Å². The van der Waals surface area contributed by atoms with E-state index in [2.05, 4.69) is 10.6 Å². The van der Waals surface area contributed by atoms with Crippen molar-refractivity contribution in [3.05, 3.63) is 28.5 Å². The van der Waals surface area contributed by atoms with E-state index in [1.54, 1.807) is 33.8 Å². The van der Waals surface area contributed by atoms with Crippen LogP contribution in [-0.2, 0) is 9.53 Å². The molecular formula is C21H28ClN3O4. The number of benzene rings is 1. The largest absolute Gasteiger partial charge is 0.460 e. The van der Waals surface area contributed by atoms with Crippen LogP contribution in [0.1, 0.15) is 49.7 Å². The highest BCUT2D eigenvalue weighted by Crippen LogP contribution is 2.34. The number of anilines is 1. The van der Waals surface area contributed by atoms with Gasteiger partial charge in [-0.3, -0.25) is 4.79 Å². The number of carbonyl (C=O) groups is 2. The Balaban J connectivity index is 1.93. The molecule has 7 nitrogen and oxygen atoms in total. The van der Waals surface area contributed by atoms with Crippen LogP contribution >= 0.6 is 11.6 Å². The number of hydrogen-bond acceptors (Lipinski definition) is 6. The molecule has 1 aromatic carbocycles. The molecule has 158 valence electrons. The molecule has 1 unspecified atom stereocenters. The lowest BCUT2D eigenvalue weighted by Crippen LogP contribution is -2.51. The summed E-state index contributed by atoms with van der Waals surface area (Å²) in [4.78, 5) is 26.0. The van der Waals surface area contributed by atoms with Crippen LogP contribution in [0, 0.1) is 12.8 Å². The number of amides is 1. The van der Waals surface area contributed by atoms with Crippen LogP contribution in [0.25, 0.3) is 11.0 Å². The molecule has 0 radical (unpaired) electrons. The zero-order chi connectivity index (χ0) is 21.3. The quantitative estimate of drug-likeness (QED) is 0.515. The number of hydrogen-bond donors (Lipinski definition) is 3. The molecule has 1 atom stereocenters. The normalized spacial score (nSPS) is 16.6. The SMILES string of the molecule is Cc1cc2c(N)c(Cl)cc(C(=O)NC(C(=O)OC(C)(C)C)C3CCNCC3)c2o1. The fraction of sp³-hybridized carbons (Fsp3) is 0.524. The third kappa shape index (κ3) is 4.85. The summed E-state index contributed by atoms with van der Waals surface area (Å²) in [5.74, 6) is -0.287. The lowest BCUT2D eigenvalue weighted by atomic mass is 9.89. The number of furan rings is 1. The number of piperidine rings is 1. The molecule has 1 aliphatic rings. The molecule has 2 heterocycles. The first kappa shape index (κ1) is 21.5. The predicted octanol–water partition coefficient (Wildman–Crippen LogP) is 3.42. The van der Waals surface area contributed by atoms with E-state index >= 15 is 0 Å². The van der Waals surface area contributed by atoms with E-state index in [-0.39, 0.29) is 16.5 Å². The van der Waals surface area contributed by atoms with E-state index in [1.165, 1.54) is 6.07 Å². The highest BCUT2D eigenvalue weighted by atomic mass is 35.5. The average molecular weight is 422 g/mol. The standard InChI is InChI=1S/C21H28ClN3O4/c1-11-9-13-16(23)15(22)10-14(18(13)28-11)19(26)25-17(12-5-7-24-8-6-12)20(27)29-21(2,3)4/h9-10,12,17,24H,5-8,23H2,1-4H3,(H,25,26). The molecular weight excluding hydrogens is 394 g/mol. The van der Waals surface area contributed by atoms with Gasteiger partial charge in [0, 0.05) is 5.39 Å². The third-order valence-corrected chi connectivity index (χ3v) is 5.28. The fourth-order valence-electron chi connectivity index (χ4n) is 3.61. The molecule has 29 heavy (non-hydrogen) atoms. The number of nitrogens with two attached hydrogens (primary N) is 1. The minimum Gasteiger partial charge on any atom is -0.460 e. The Morgan fingerprint density at radius 3 is 2.59 bits per heavy atom. The van der Waals surface area contributed by atoms with Crippen molar-refractivity contribution in [2.24, 2.45) is 5.92 Å². The smallest absolute Gasteiger partial charge is 0.329 e. The molecule has 1 aliphatic heterocycles. The van der Waals surface area contributed by atoms with Gasteiger partial charge in [0.2, 0.25) is 0 Å². The molecule has 0 aliphatic carbocycles. The maximum Gasteiger partial charge on any atom is 0.329 e. The van der Waals surface area contributed by atoms with Gasteiger partial charge in [-0.2, -0.15) is 0 Å². The van der Waals surface area contributed by atoms with Gasteiger partial charge in [-0.15, -0.1) is 0 Å². The van der Waals surface area contributed by atoms with Crippen LogP contribution in [0.4, 0.5) is 5.69 Å². The molecule has 8 heteroatoms. The van der Waals surface area contributed by atoms with Gasteiger partial charge < -0.3 is 25.5 Å². The number of esters is 1. The number of carbonyl (C=O) groups excluding carboxylic acids is 2. The molecule has 0 saturated carbocycles. The first-order valence-electron chi connectivity index (χ1n) is 9.79. The van der Waals surface area contributed by atoms with Crippen molar-refractivity contribution in [1.82, 2.24) is 10.6 Å². The van der Waals surface area contributed by atoms with E-state index in [1.807, 2.05) is 0 Å². The number of fused-ring (bicyclic) bond motifs is 1. The summed E-state index contributed by atoms with van der Waals surface area (Å²) in [6.07, 6.45) is 1.53. The minimum atomic E-state index is -0.758. The van der Waals surface area contributed by atoms with Gasteiger partial charge in [0.25, 0.3) is 5.91 Å². The zero-order valence-electron chi connectivity index (χ0n) is 17.2. The number of aryl methyl sites for hydroxylation is 1. The number of rotatable bonds is 4. The van der Waals surface area contributed by atoms with Gasteiger partial charge in [-0.1, -0.05) is 11.6 Å². The van der Waals surface area contributed by atoms with Gasteiger partial charge >= 0.3 is 5.97 Å². The lowest BCUT2D eigenvalue weighted by molar-refractivity contribution is -0.159. The van der Waals surface area contributed by atoms with Gasteiger partial charge in [0.05, 0.1) is 16.3 Å². The van der Waals surface area contributed by atoms with Gasteiger partial charge in [-0.05, 0) is 71.7 Å². The van der Waals surface area contributed by atoms with Crippen LogP contribution in [0.2, 0.25) is 5.02 Å². The maximum atomic E-state index is 13.2. The summed E-state index contributed by atoms with van der Waals surface area (Å²) in [5, 5.41) is 6.99. The van der Waals surface area contributed by atoms with Gasteiger partial charge in [0.15, 0.2) is 0 Å². The van der Waals surface area contributed by atoms with Crippen molar-refractivity contribution in [3.8, 4) is 0 Å². The molecule has 4 N–H and O–H groups in total. The van der Waals surface area contributed by atoms with Crippen molar-refractivity contribution in [2.45, 2.75) is 52.2 Å². The number of nitrogens with one attached hydrogen (secondary N) is 2. The second-order valence-electron chi connectivity index (χ2n) is 8.49. The molecule has 1 saturated heterocycles. The minimum absolute atomic E-state index is 0.0202. The highest BCUT2D eigenvalue weighted by Gasteiger charge is 2.35. The Labute approximate surface area is 175 Å².